The molecule has 1 aliphatic rings. The first-order chi connectivity index (χ1) is 16.2. The maximum atomic E-state index is 13.6. The van der Waals surface area contributed by atoms with Crippen LogP contribution in [0.25, 0.3) is 22.4 Å². The van der Waals surface area contributed by atoms with Crippen LogP contribution in [0.15, 0.2) is 77.4 Å². The van der Waals surface area contributed by atoms with Gasteiger partial charge in [-0.1, -0.05) is 30.3 Å². The molecule has 0 N–H and O–H groups in total. The van der Waals surface area contributed by atoms with E-state index in [1.54, 1.807) is 6.26 Å². The van der Waals surface area contributed by atoms with Gasteiger partial charge in [-0.3, -0.25) is 9.69 Å². The lowest BCUT2D eigenvalue weighted by molar-refractivity contribution is 0.0763. The molecule has 6 heteroatoms. The first-order valence-electron chi connectivity index (χ1n) is 11.2. The minimum atomic E-state index is 0.0293. The van der Waals surface area contributed by atoms with Crippen molar-refractivity contribution in [1.82, 2.24) is 14.8 Å². The first kappa shape index (κ1) is 20.9. The van der Waals surface area contributed by atoms with Gasteiger partial charge in [-0.15, -0.1) is 0 Å². The van der Waals surface area contributed by atoms with E-state index in [4.69, 9.17) is 14.7 Å². The van der Waals surface area contributed by atoms with Crippen molar-refractivity contribution < 1.29 is 9.21 Å². The highest BCUT2D eigenvalue weighted by Crippen LogP contribution is 2.26. The molecule has 6 nitrogen and oxygen atoms in total. The average Bonchev–Trinajstić information content (AvgIpc) is 3.30. The molecule has 1 aliphatic heterocycles. The third-order valence-corrected chi connectivity index (χ3v) is 6.09. The van der Waals surface area contributed by atoms with Crippen LogP contribution in [-0.4, -0.2) is 46.9 Å². The Hall–Kier alpha value is -3.95. The number of para-hydroxylation sites is 1. The summed E-state index contributed by atoms with van der Waals surface area (Å²) in [6, 6.07) is 23.2. The van der Waals surface area contributed by atoms with Crippen LogP contribution in [0.5, 0.6) is 0 Å². The number of carbonyl (C=O) groups is 1. The van der Waals surface area contributed by atoms with Gasteiger partial charge in [0.15, 0.2) is 5.76 Å². The van der Waals surface area contributed by atoms with Crippen LogP contribution in [0.1, 0.15) is 27.9 Å². The SMILES string of the molecule is N#Cc1ccc(CN2CCCN(C(=O)c3cc(-c4ccco4)nc4ccccc34)CC2)cc1. The van der Waals surface area contributed by atoms with Crippen molar-refractivity contribution in [2.75, 3.05) is 26.2 Å². The molecular formula is C27H24N4O2. The fraction of sp³-hybridized carbons (Fsp3) is 0.222. The van der Waals surface area contributed by atoms with Crippen molar-refractivity contribution in [2.45, 2.75) is 13.0 Å². The van der Waals surface area contributed by atoms with E-state index in [9.17, 15) is 4.79 Å². The molecule has 164 valence electrons. The summed E-state index contributed by atoms with van der Waals surface area (Å²) in [6.45, 7) is 3.93. The number of carbonyl (C=O) groups excluding carboxylic acids is 1. The van der Waals surface area contributed by atoms with E-state index in [1.807, 2.05) is 71.6 Å². The number of benzene rings is 2. The summed E-state index contributed by atoms with van der Waals surface area (Å²) in [5.41, 5.74) is 3.96. The highest BCUT2D eigenvalue weighted by Gasteiger charge is 2.23. The molecule has 3 heterocycles. The monoisotopic (exact) mass is 436 g/mol. The molecule has 0 unspecified atom stereocenters. The van der Waals surface area contributed by atoms with Gasteiger partial charge in [-0.2, -0.15) is 5.26 Å². The zero-order valence-corrected chi connectivity index (χ0v) is 18.3. The van der Waals surface area contributed by atoms with Crippen LogP contribution in [0.4, 0.5) is 0 Å². The van der Waals surface area contributed by atoms with E-state index in [-0.39, 0.29) is 5.91 Å². The standard InChI is InChI=1S/C27H24N4O2/c28-18-20-8-10-21(11-9-20)19-30-12-4-13-31(15-14-30)27(32)23-17-25(26-7-3-16-33-26)29-24-6-2-1-5-22(23)24/h1-3,5-11,16-17H,4,12-15,19H2. The predicted molar refractivity (Wildman–Crippen MR) is 126 cm³/mol. The highest BCUT2D eigenvalue weighted by molar-refractivity contribution is 6.07. The van der Waals surface area contributed by atoms with E-state index >= 15 is 0 Å². The van der Waals surface area contributed by atoms with Crippen molar-refractivity contribution >= 4 is 16.8 Å². The Balaban J connectivity index is 1.36. The molecule has 5 rings (SSSR count). The van der Waals surface area contributed by atoms with Gasteiger partial charge < -0.3 is 9.32 Å². The zero-order chi connectivity index (χ0) is 22.6. The maximum Gasteiger partial charge on any atom is 0.254 e. The fourth-order valence-corrected chi connectivity index (χ4v) is 4.35. The van der Waals surface area contributed by atoms with Gasteiger partial charge in [0.2, 0.25) is 0 Å². The number of nitrogens with zero attached hydrogens (tertiary/aromatic N) is 4. The summed E-state index contributed by atoms with van der Waals surface area (Å²) >= 11 is 0. The van der Waals surface area contributed by atoms with Crippen LogP contribution in [-0.2, 0) is 6.54 Å². The Kier molecular flexibility index (Phi) is 5.88. The topological polar surface area (TPSA) is 73.4 Å². The third kappa shape index (κ3) is 4.50. The Morgan fingerprint density at radius 1 is 1.00 bits per heavy atom. The first-order valence-corrected chi connectivity index (χ1v) is 11.2. The van der Waals surface area contributed by atoms with Crippen LogP contribution >= 0.6 is 0 Å². The van der Waals surface area contributed by atoms with Gasteiger partial charge in [-0.05, 0) is 48.4 Å². The maximum absolute atomic E-state index is 13.6. The number of hydrogen-bond acceptors (Lipinski definition) is 5. The van der Waals surface area contributed by atoms with Crippen LogP contribution in [0.2, 0.25) is 0 Å². The van der Waals surface area contributed by atoms with Crippen molar-refractivity contribution in [1.29, 1.82) is 5.26 Å². The second-order valence-electron chi connectivity index (χ2n) is 8.28. The molecule has 0 atom stereocenters. The second-order valence-corrected chi connectivity index (χ2v) is 8.28. The van der Waals surface area contributed by atoms with Gasteiger partial charge in [0.05, 0.1) is 29.0 Å². The molecule has 0 saturated carbocycles. The molecule has 2 aromatic carbocycles. The molecular weight excluding hydrogens is 412 g/mol. The number of hydrogen-bond donors (Lipinski definition) is 0. The van der Waals surface area contributed by atoms with Crippen LogP contribution in [0, 0.1) is 11.3 Å². The van der Waals surface area contributed by atoms with Crippen molar-refractivity contribution in [3.05, 3.63) is 89.7 Å². The zero-order valence-electron chi connectivity index (χ0n) is 18.3. The number of nitriles is 1. The summed E-state index contributed by atoms with van der Waals surface area (Å²) < 4.78 is 5.54. The Morgan fingerprint density at radius 3 is 2.64 bits per heavy atom. The molecule has 33 heavy (non-hydrogen) atoms. The van der Waals surface area contributed by atoms with Crippen molar-refractivity contribution in [2.24, 2.45) is 0 Å². The van der Waals surface area contributed by atoms with E-state index in [0.29, 0.717) is 29.1 Å². The van der Waals surface area contributed by atoms with Crippen LogP contribution in [0.3, 0.4) is 0 Å². The minimum absolute atomic E-state index is 0.0293. The molecule has 0 radical (unpaired) electrons. The number of pyridine rings is 1. The molecule has 0 spiro atoms. The lowest BCUT2D eigenvalue weighted by Gasteiger charge is -2.23. The lowest BCUT2D eigenvalue weighted by atomic mass is 10.1. The molecule has 1 fully saturated rings. The quantitative estimate of drug-likeness (QED) is 0.463. The van der Waals surface area contributed by atoms with Gasteiger partial charge in [0, 0.05) is 38.1 Å². The minimum Gasteiger partial charge on any atom is -0.463 e. The van der Waals surface area contributed by atoms with Crippen molar-refractivity contribution in [3.63, 3.8) is 0 Å². The smallest absolute Gasteiger partial charge is 0.254 e. The van der Waals surface area contributed by atoms with E-state index in [0.717, 1.165) is 43.5 Å². The van der Waals surface area contributed by atoms with Crippen LogP contribution < -0.4 is 0 Å². The number of rotatable bonds is 4. The molecule has 0 aliphatic carbocycles. The molecule has 2 aromatic heterocycles. The molecule has 1 amide bonds. The van der Waals surface area contributed by atoms with Crippen molar-refractivity contribution in [3.8, 4) is 17.5 Å². The normalized spacial score (nSPS) is 14.7. The summed E-state index contributed by atoms with van der Waals surface area (Å²) in [6.07, 6.45) is 2.53. The number of fused-ring (bicyclic) bond motifs is 1. The van der Waals surface area contributed by atoms with Gasteiger partial charge in [0.1, 0.15) is 5.69 Å². The number of aromatic nitrogens is 1. The Morgan fingerprint density at radius 2 is 1.85 bits per heavy atom. The summed E-state index contributed by atoms with van der Waals surface area (Å²) in [5, 5.41) is 9.85. The van der Waals surface area contributed by atoms with Gasteiger partial charge in [-0.25, -0.2) is 4.98 Å². The lowest BCUT2D eigenvalue weighted by Crippen LogP contribution is -2.35. The van der Waals surface area contributed by atoms with E-state index in [1.165, 1.54) is 5.56 Å². The Labute approximate surface area is 192 Å². The summed E-state index contributed by atoms with van der Waals surface area (Å²) in [7, 11) is 0. The van der Waals surface area contributed by atoms with E-state index < -0.39 is 0 Å². The summed E-state index contributed by atoms with van der Waals surface area (Å²) in [5.74, 6) is 0.681. The van der Waals surface area contributed by atoms with E-state index in [2.05, 4.69) is 11.0 Å². The number of furan rings is 1. The molecule has 4 aromatic rings. The number of amides is 1. The average molecular weight is 437 g/mol. The largest absolute Gasteiger partial charge is 0.463 e. The fourth-order valence-electron chi connectivity index (χ4n) is 4.35. The predicted octanol–water partition coefficient (Wildman–Crippen LogP) is 4.71. The molecule has 1 saturated heterocycles. The highest BCUT2D eigenvalue weighted by atomic mass is 16.3. The summed E-state index contributed by atoms with van der Waals surface area (Å²) in [4.78, 5) is 22.7. The third-order valence-electron chi connectivity index (χ3n) is 6.09. The van der Waals surface area contributed by atoms with Gasteiger partial charge in [0.25, 0.3) is 5.91 Å². The Bertz CT molecular complexity index is 1310. The van der Waals surface area contributed by atoms with Gasteiger partial charge >= 0.3 is 0 Å². The molecule has 0 bridgehead atoms. The second kappa shape index (κ2) is 9.27.